The number of anilines is 1. The molecule has 2 aromatic carbocycles. The van der Waals surface area contributed by atoms with Gasteiger partial charge in [-0.15, -0.1) is 0 Å². The number of hydrogen-bond donors (Lipinski definition) is 3. The van der Waals surface area contributed by atoms with Crippen molar-refractivity contribution in [3.63, 3.8) is 0 Å². The molecule has 1 saturated carbocycles. The molecule has 1 amide bonds. The lowest BCUT2D eigenvalue weighted by Crippen LogP contribution is -2.29. The largest absolute Gasteiger partial charge is 0.389 e. The molecule has 0 saturated heterocycles. The third kappa shape index (κ3) is 5.91. The van der Waals surface area contributed by atoms with Gasteiger partial charge in [-0.3, -0.25) is 4.79 Å². The predicted molar refractivity (Wildman–Crippen MR) is 139 cm³/mol. The Morgan fingerprint density at radius 2 is 1.89 bits per heavy atom. The van der Waals surface area contributed by atoms with Crippen LogP contribution in [0.3, 0.4) is 0 Å². The Balaban J connectivity index is 1.54. The lowest BCUT2D eigenvalue weighted by molar-refractivity contribution is 0.0940. The van der Waals surface area contributed by atoms with Crippen LogP contribution < -0.4 is 10.6 Å². The van der Waals surface area contributed by atoms with Gasteiger partial charge in [0.2, 0.25) is 0 Å². The third-order valence-electron chi connectivity index (χ3n) is 5.89. The molecule has 0 unspecified atom stereocenters. The molecule has 7 nitrogen and oxygen atoms in total. The number of imidazole rings is 1. The van der Waals surface area contributed by atoms with Crippen LogP contribution in [0, 0.1) is 18.6 Å². The number of carbonyl (C=O) groups excluding carboxylic acids is 1. The van der Waals surface area contributed by atoms with Gasteiger partial charge in [0.1, 0.15) is 16.7 Å². The summed E-state index contributed by atoms with van der Waals surface area (Å²) >= 11 is 1.11. The quantitative estimate of drug-likeness (QED) is 0.294. The van der Waals surface area contributed by atoms with Gasteiger partial charge in [-0.05, 0) is 69.5 Å². The van der Waals surface area contributed by atoms with E-state index in [0.29, 0.717) is 32.5 Å². The maximum absolute atomic E-state index is 13.8. The van der Waals surface area contributed by atoms with Crippen LogP contribution in [0.25, 0.3) is 16.9 Å². The molecule has 1 fully saturated rings. The van der Waals surface area contributed by atoms with Crippen LogP contribution in [-0.2, 0) is 0 Å². The maximum Gasteiger partial charge on any atom is 0.251 e. The molecule has 4 aromatic rings. The van der Waals surface area contributed by atoms with E-state index in [0.717, 1.165) is 41.8 Å². The van der Waals surface area contributed by atoms with E-state index >= 15 is 0 Å². The molecule has 2 heterocycles. The van der Waals surface area contributed by atoms with E-state index in [1.165, 1.54) is 12.1 Å². The van der Waals surface area contributed by atoms with Crippen molar-refractivity contribution in [2.24, 2.45) is 0 Å². The van der Waals surface area contributed by atoms with Gasteiger partial charge < -0.3 is 15.7 Å². The fraction of sp³-hybridized carbons (Fsp3) is 0.296. The Kier molecular flexibility index (Phi) is 6.63. The molecule has 5 rings (SSSR count). The van der Waals surface area contributed by atoms with Crippen LogP contribution in [0.4, 0.5) is 14.5 Å². The van der Waals surface area contributed by atoms with E-state index in [1.807, 2.05) is 19.1 Å². The maximum atomic E-state index is 13.8. The fourth-order valence-electron chi connectivity index (χ4n) is 3.91. The van der Waals surface area contributed by atoms with Crippen molar-refractivity contribution >= 4 is 29.0 Å². The van der Waals surface area contributed by atoms with Crippen LogP contribution in [0.15, 0.2) is 58.6 Å². The molecule has 0 spiro atoms. The third-order valence-corrected chi connectivity index (χ3v) is 6.77. The van der Waals surface area contributed by atoms with Gasteiger partial charge >= 0.3 is 0 Å². The Morgan fingerprint density at radius 3 is 2.54 bits per heavy atom. The second-order valence-corrected chi connectivity index (χ2v) is 11.0. The number of aliphatic hydroxyl groups is 1. The van der Waals surface area contributed by atoms with Crippen LogP contribution in [0.5, 0.6) is 0 Å². The summed E-state index contributed by atoms with van der Waals surface area (Å²) in [6, 6.07) is 10.9. The minimum atomic E-state index is -0.983. The van der Waals surface area contributed by atoms with Crippen molar-refractivity contribution in [1.29, 1.82) is 0 Å². The van der Waals surface area contributed by atoms with Crippen molar-refractivity contribution in [3.05, 3.63) is 71.4 Å². The Bertz CT molecular complexity index is 1470. The van der Waals surface area contributed by atoms with Crippen LogP contribution in [0.2, 0.25) is 0 Å². The molecular weight excluding hydrogens is 496 g/mol. The molecule has 1 aliphatic carbocycles. The molecular formula is C27H27F2N5O2S. The first-order valence-electron chi connectivity index (χ1n) is 12.0. The first-order chi connectivity index (χ1) is 17.6. The minimum Gasteiger partial charge on any atom is -0.389 e. The van der Waals surface area contributed by atoms with E-state index in [1.54, 1.807) is 36.7 Å². The van der Waals surface area contributed by atoms with Gasteiger partial charge in [0.15, 0.2) is 5.65 Å². The smallest absolute Gasteiger partial charge is 0.251 e. The summed E-state index contributed by atoms with van der Waals surface area (Å²) in [6.07, 6.45) is 3.72. The first kappa shape index (κ1) is 25.2. The van der Waals surface area contributed by atoms with E-state index in [-0.39, 0.29) is 18.5 Å². The number of halogens is 2. The van der Waals surface area contributed by atoms with Gasteiger partial charge in [0.05, 0.1) is 23.2 Å². The topological polar surface area (TPSA) is 91.6 Å². The van der Waals surface area contributed by atoms with Crippen molar-refractivity contribution in [2.45, 2.75) is 55.2 Å². The summed E-state index contributed by atoms with van der Waals surface area (Å²) in [5.74, 6) is -1.43. The molecule has 10 heteroatoms. The van der Waals surface area contributed by atoms with E-state index in [9.17, 15) is 18.7 Å². The number of fused-ring (bicyclic) bond motifs is 1. The summed E-state index contributed by atoms with van der Waals surface area (Å²) in [4.78, 5) is 17.5. The van der Waals surface area contributed by atoms with Crippen LogP contribution >= 0.6 is 11.8 Å². The summed E-state index contributed by atoms with van der Waals surface area (Å²) in [5.41, 5.74) is 3.10. The van der Waals surface area contributed by atoms with Crippen LogP contribution in [0.1, 0.15) is 42.6 Å². The van der Waals surface area contributed by atoms with Crippen molar-refractivity contribution in [3.8, 4) is 11.3 Å². The van der Waals surface area contributed by atoms with Gasteiger partial charge in [0.25, 0.3) is 5.91 Å². The Labute approximate surface area is 217 Å². The second-order valence-electron chi connectivity index (χ2n) is 9.93. The minimum absolute atomic E-state index is 0.0815. The fourth-order valence-corrected chi connectivity index (χ4v) is 4.79. The number of carbonyl (C=O) groups is 1. The number of benzene rings is 2. The zero-order valence-corrected chi connectivity index (χ0v) is 21.5. The van der Waals surface area contributed by atoms with Gasteiger partial charge in [-0.2, -0.15) is 5.10 Å². The molecule has 0 aliphatic heterocycles. The average molecular weight is 524 g/mol. The van der Waals surface area contributed by atoms with Gasteiger partial charge in [-0.25, -0.2) is 18.3 Å². The van der Waals surface area contributed by atoms with E-state index < -0.39 is 17.2 Å². The monoisotopic (exact) mass is 523 g/mol. The lowest BCUT2D eigenvalue weighted by atomic mass is 10.0. The first-order valence-corrected chi connectivity index (χ1v) is 12.8. The Morgan fingerprint density at radius 1 is 1.16 bits per heavy atom. The highest BCUT2D eigenvalue weighted by Gasteiger charge is 2.25. The SMILES string of the molecule is Cc1cc(-c2cnc3c(NCC(C)(C)O)cc(Sc4cc(F)cc(F)c4)nn23)ccc1C(=O)NC1CC1. The average Bonchev–Trinajstić information content (AvgIpc) is 3.51. The van der Waals surface area contributed by atoms with Crippen molar-refractivity contribution in [1.82, 2.24) is 19.9 Å². The molecule has 2 aromatic heterocycles. The summed E-state index contributed by atoms with van der Waals surface area (Å²) in [7, 11) is 0. The number of hydrogen-bond acceptors (Lipinski definition) is 6. The number of aryl methyl sites for hydroxylation is 1. The highest BCUT2D eigenvalue weighted by molar-refractivity contribution is 7.99. The number of aromatic nitrogens is 3. The van der Waals surface area contributed by atoms with Crippen molar-refractivity contribution in [2.75, 3.05) is 11.9 Å². The zero-order chi connectivity index (χ0) is 26.3. The zero-order valence-electron chi connectivity index (χ0n) is 20.7. The van der Waals surface area contributed by atoms with E-state index in [2.05, 4.69) is 15.6 Å². The van der Waals surface area contributed by atoms with E-state index in [4.69, 9.17) is 5.10 Å². The number of amides is 1. The highest BCUT2D eigenvalue weighted by Crippen LogP contribution is 2.33. The highest BCUT2D eigenvalue weighted by atomic mass is 32.2. The number of nitrogens with zero attached hydrogens (tertiary/aromatic N) is 3. The molecule has 0 radical (unpaired) electrons. The number of rotatable bonds is 8. The predicted octanol–water partition coefficient (Wildman–Crippen LogP) is 5.21. The van der Waals surface area contributed by atoms with Gasteiger partial charge in [0, 0.05) is 34.7 Å². The van der Waals surface area contributed by atoms with Gasteiger partial charge in [-0.1, -0.05) is 17.8 Å². The summed E-state index contributed by atoms with van der Waals surface area (Å²) in [5, 5.41) is 21.6. The molecule has 0 atom stereocenters. The number of nitrogens with one attached hydrogen (secondary N) is 2. The Hall–Kier alpha value is -3.50. The molecule has 192 valence electrons. The molecule has 1 aliphatic rings. The summed E-state index contributed by atoms with van der Waals surface area (Å²) in [6.45, 7) is 5.50. The normalized spacial score (nSPS) is 13.7. The molecule has 3 N–H and O–H groups in total. The molecule has 0 bridgehead atoms. The summed E-state index contributed by atoms with van der Waals surface area (Å²) < 4.78 is 29.2. The standard InChI is InChI=1S/C27H27F2N5O2S/c1-15-8-16(4-7-21(15)26(35)32-19-5-6-19)23-13-30-25-22(31-14-27(2,3)36)12-24(33-34(23)25)37-20-10-17(28)9-18(29)11-20/h4,7-13,19,31,36H,5-6,14H2,1-3H3,(H,32,35). The van der Waals surface area contributed by atoms with Crippen molar-refractivity contribution < 1.29 is 18.7 Å². The second kappa shape index (κ2) is 9.75. The molecule has 37 heavy (non-hydrogen) atoms. The van der Waals surface area contributed by atoms with Crippen LogP contribution in [-0.4, -0.2) is 43.8 Å². The lowest BCUT2D eigenvalue weighted by Gasteiger charge is -2.19.